The summed E-state index contributed by atoms with van der Waals surface area (Å²) in [5.41, 5.74) is 0.875. The summed E-state index contributed by atoms with van der Waals surface area (Å²) in [6, 6.07) is 6.60. The van der Waals surface area contributed by atoms with Crippen LogP contribution in [0.4, 0.5) is 19.0 Å². The van der Waals surface area contributed by atoms with E-state index in [9.17, 15) is 18.0 Å². The summed E-state index contributed by atoms with van der Waals surface area (Å²) in [4.78, 5) is 12.4. The fraction of sp³-hybridized carbons (Fsp3) is 0.444. The highest BCUT2D eigenvalue weighted by Crippen LogP contribution is 2.44. The second kappa shape index (κ2) is 8.24. The average molecular weight is 398 g/mol. The van der Waals surface area contributed by atoms with Crippen LogP contribution in [0.3, 0.4) is 0 Å². The zero-order valence-corrected chi connectivity index (χ0v) is 15.6. The van der Waals surface area contributed by atoms with Gasteiger partial charge in [-0.1, -0.05) is 30.3 Å². The van der Waals surface area contributed by atoms with Crippen LogP contribution in [0, 0.1) is 0 Å². The second-order valence-corrected chi connectivity index (χ2v) is 7.34. The topological polar surface area (TPSA) is 59.0 Å². The number of halogens is 3. The number of amides is 1. The van der Waals surface area contributed by atoms with E-state index in [0.29, 0.717) is 6.54 Å². The molecule has 2 N–H and O–H groups in total. The maximum atomic E-state index is 13.6. The summed E-state index contributed by atoms with van der Waals surface area (Å²) in [5.74, 6) is 0.593. The number of alkyl halides is 3. The Hall–Kier alpha value is -2.16. The lowest BCUT2D eigenvalue weighted by molar-refractivity contribution is -0.173. The van der Waals surface area contributed by atoms with Crippen molar-refractivity contribution in [2.75, 3.05) is 23.9 Å². The zero-order chi connectivity index (χ0) is 19.4. The Morgan fingerprint density at radius 2 is 2.11 bits per heavy atom. The Bertz CT molecular complexity index is 779. The van der Waals surface area contributed by atoms with Gasteiger partial charge in [-0.3, -0.25) is 4.79 Å². The second-order valence-electron chi connectivity index (χ2n) is 6.35. The van der Waals surface area contributed by atoms with E-state index in [4.69, 9.17) is 0 Å². The van der Waals surface area contributed by atoms with Gasteiger partial charge in [0.05, 0.1) is 12.2 Å². The lowest BCUT2D eigenvalue weighted by Crippen LogP contribution is -2.36. The fourth-order valence-corrected chi connectivity index (χ4v) is 3.58. The molecule has 27 heavy (non-hydrogen) atoms. The molecule has 1 aromatic carbocycles. The van der Waals surface area contributed by atoms with E-state index in [1.165, 1.54) is 6.20 Å². The van der Waals surface area contributed by atoms with Crippen molar-refractivity contribution in [3.63, 3.8) is 0 Å². The van der Waals surface area contributed by atoms with E-state index in [2.05, 4.69) is 15.7 Å². The van der Waals surface area contributed by atoms with Crippen LogP contribution >= 0.6 is 11.8 Å². The van der Waals surface area contributed by atoms with E-state index < -0.39 is 24.2 Å². The molecule has 146 valence electrons. The van der Waals surface area contributed by atoms with Gasteiger partial charge < -0.3 is 10.6 Å². The van der Waals surface area contributed by atoms with Gasteiger partial charge in [0.25, 0.3) is 5.91 Å². The largest absolute Gasteiger partial charge is 0.410 e. The van der Waals surface area contributed by atoms with Crippen LogP contribution in [0.15, 0.2) is 36.5 Å². The summed E-state index contributed by atoms with van der Waals surface area (Å²) >= 11 is 1.67. The van der Waals surface area contributed by atoms with Crippen molar-refractivity contribution in [1.29, 1.82) is 0 Å². The minimum Gasteiger partial charge on any atom is -0.363 e. The molecule has 1 aromatic heterocycles. The summed E-state index contributed by atoms with van der Waals surface area (Å²) in [6.45, 7) is 0.467. The zero-order valence-electron chi connectivity index (χ0n) is 14.8. The Morgan fingerprint density at radius 1 is 1.37 bits per heavy atom. The Labute approximate surface area is 159 Å². The summed E-state index contributed by atoms with van der Waals surface area (Å²) in [6.07, 6.45) is -0.667. The van der Waals surface area contributed by atoms with Crippen molar-refractivity contribution in [3.8, 4) is 0 Å². The van der Waals surface area contributed by atoms with Crippen LogP contribution < -0.4 is 10.6 Å². The SMILES string of the molecule is CSCCCNC(=O)c1cnn2c1NC(c1ccccc1)CC2C(F)(F)F. The minimum absolute atomic E-state index is 0.111. The van der Waals surface area contributed by atoms with Gasteiger partial charge in [0.15, 0.2) is 6.04 Å². The molecule has 3 rings (SSSR count). The molecule has 2 aromatic rings. The highest BCUT2D eigenvalue weighted by molar-refractivity contribution is 7.98. The van der Waals surface area contributed by atoms with E-state index in [1.807, 2.05) is 12.3 Å². The first-order valence-electron chi connectivity index (χ1n) is 8.64. The summed E-state index contributed by atoms with van der Waals surface area (Å²) in [7, 11) is 0. The number of aromatic nitrogens is 2. The normalized spacial score (nSPS) is 19.3. The third kappa shape index (κ3) is 4.40. The molecule has 1 aliphatic rings. The number of benzene rings is 1. The Kier molecular flexibility index (Phi) is 5.98. The maximum Gasteiger partial charge on any atom is 0.410 e. The van der Waals surface area contributed by atoms with E-state index in [-0.39, 0.29) is 17.8 Å². The number of nitrogens with one attached hydrogen (secondary N) is 2. The van der Waals surface area contributed by atoms with E-state index in [0.717, 1.165) is 22.4 Å². The molecule has 5 nitrogen and oxygen atoms in total. The van der Waals surface area contributed by atoms with Crippen LogP contribution in [-0.4, -0.2) is 40.4 Å². The molecule has 0 radical (unpaired) electrons. The third-order valence-electron chi connectivity index (χ3n) is 4.50. The number of fused-ring (bicyclic) bond motifs is 1. The first-order chi connectivity index (χ1) is 12.9. The number of carbonyl (C=O) groups excluding carboxylic acids is 1. The van der Waals surface area contributed by atoms with Gasteiger partial charge in [0.2, 0.25) is 0 Å². The first-order valence-corrected chi connectivity index (χ1v) is 10.0. The van der Waals surface area contributed by atoms with Crippen molar-refractivity contribution in [3.05, 3.63) is 47.7 Å². The quantitative estimate of drug-likeness (QED) is 0.722. The smallest absolute Gasteiger partial charge is 0.363 e. The van der Waals surface area contributed by atoms with Crippen LogP contribution in [0.1, 0.15) is 40.8 Å². The number of rotatable bonds is 6. The number of thioether (sulfide) groups is 1. The van der Waals surface area contributed by atoms with Crippen LogP contribution in [0.25, 0.3) is 0 Å². The van der Waals surface area contributed by atoms with Crippen LogP contribution in [0.2, 0.25) is 0 Å². The van der Waals surface area contributed by atoms with Gasteiger partial charge >= 0.3 is 6.18 Å². The molecular formula is C18H21F3N4OS. The third-order valence-corrected chi connectivity index (χ3v) is 5.19. The predicted molar refractivity (Wildman–Crippen MR) is 100 cm³/mol. The molecule has 0 saturated heterocycles. The average Bonchev–Trinajstić information content (AvgIpc) is 3.08. The molecule has 0 saturated carbocycles. The van der Waals surface area contributed by atoms with Crippen molar-refractivity contribution < 1.29 is 18.0 Å². The Morgan fingerprint density at radius 3 is 2.78 bits per heavy atom. The molecule has 0 spiro atoms. The lowest BCUT2D eigenvalue weighted by Gasteiger charge is -2.34. The Balaban J connectivity index is 1.87. The first kappa shape index (κ1) is 19.6. The molecule has 0 aliphatic carbocycles. The van der Waals surface area contributed by atoms with E-state index in [1.54, 1.807) is 36.0 Å². The monoisotopic (exact) mass is 398 g/mol. The van der Waals surface area contributed by atoms with Crippen molar-refractivity contribution in [2.24, 2.45) is 0 Å². The van der Waals surface area contributed by atoms with Gasteiger partial charge in [-0.05, 0) is 24.0 Å². The van der Waals surface area contributed by atoms with Crippen molar-refractivity contribution >= 4 is 23.5 Å². The number of hydrogen-bond acceptors (Lipinski definition) is 4. The number of nitrogens with zero attached hydrogens (tertiary/aromatic N) is 2. The minimum atomic E-state index is -4.46. The van der Waals surface area contributed by atoms with Crippen molar-refractivity contribution in [1.82, 2.24) is 15.1 Å². The van der Waals surface area contributed by atoms with Gasteiger partial charge in [0, 0.05) is 13.0 Å². The standard InChI is InChI=1S/C18H21F3N4OS/c1-27-9-5-8-22-17(26)13-11-23-25-15(18(19,20)21)10-14(24-16(13)25)12-6-3-2-4-7-12/h2-4,6-7,11,14-15,24H,5,8-10H2,1H3,(H,22,26). The van der Waals surface area contributed by atoms with E-state index >= 15 is 0 Å². The van der Waals surface area contributed by atoms with Crippen LogP contribution in [0.5, 0.6) is 0 Å². The highest BCUT2D eigenvalue weighted by Gasteiger charge is 2.47. The summed E-state index contributed by atoms with van der Waals surface area (Å²) < 4.78 is 41.7. The van der Waals surface area contributed by atoms with Crippen LogP contribution in [-0.2, 0) is 0 Å². The number of anilines is 1. The maximum absolute atomic E-state index is 13.6. The molecule has 0 fully saturated rings. The molecule has 1 aliphatic heterocycles. The van der Waals surface area contributed by atoms with Gasteiger partial charge in [0.1, 0.15) is 11.4 Å². The predicted octanol–water partition coefficient (Wildman–Crippen LogP) is 4.03. The molecule has 2 atom stereocenters. The molecule has 9 heteroatoms. The highest BCUT2D eigenvalue weighted by atomic mass is 32.2. The fourth-order valence-electron chi connectivity index (χ4n) is 3.15. The molecule has 2 heterocycles. The van der Waals surface area contributed by atoms with Gasteiger partial charge in [-0.2, -0.15) is 30.0 Å². The number of carbonyl (C=O) groups is 1. The molecule has 1 amide bonds. The molecule has 2 unspecified atom stereocenters. The lowest BCUT2D eigenvalue weighted by atomic mass is 9.96. The molecule has 0 bridgehead atoms. The van der Waals surface area contributed by atoms with Gasteiger partial charge in [-0.15, -0.1) is 0 Å². The van der Waals surface area contributed by atoms with Crippen molar-refractivity contribution in [2.45, 2.75) is 31.1 Å². The number of hydrogen-bond donors (Lipinski definition) is 2. The molecular weight excluding hydrogens is 377 g/mol. The summed E-state index contributed by atoms with van der Waals surface area (Å²) in [5, 5.41) is 9.70. The van der Waals surface area contributed by atoms with Gasteiger partial charge in [-0.25, -0.2) is 4.68 Å².